The Morgan fingerprint density at radius 1 is 1.20 bits per heavy atom. The van der Waals surface area contributed by atoms with Crippen LogP contribution < -0.4 is 15.4 Å². The quantitative estimate of drug-likeness (QED) is 0.750. The number of ether oxygens (including phenoxy) is 2. The van der Waals surface area contributed by atoms with Crippen LogP contribution in [0.4, 0.5) is 11.9 Å². The minimum absolute atomic E-state index is 0.345. The fraction of sp³-hybridized carbons (Fsp3) is 0.769. The van der Waals surface area contributed by atoms with Crippen molar-refractivity contribution in [2.24, 2.45) is 0 Å². The molecule has 0 aromatic carbocycles. The predicted octanol–water partition coefficient (Wildman–Crippen LogP) is 1.68. The minimum atomic E-state index is 0.345. The molecule has 1 aromatic rings. The van der Waals surface area contributed by atoms with Crippen molar-refractivity contribution in [3.63, 3.8) is 0 Å². The van der Waals surface area contributed by atoms with Crippen molar-refractivity contribution >= 4 is 11.9 Å². The van der Waals surface area contributed by atoms with Gasteiger partial charge in [0.2, 0.25) is 11.9 Å². The maximum atomic E-state index is 5.59. The zero-order valence-corrected chi connectivity index (χ0v) is 12.2. The third kappa shape index (κ3) is 4.48. The lowest BCUT2D eigenvalue weighted by molar-refractivity contribution is 0.107. The second-order valence-electron chi connectivity index (χ2n) is 4.58. The Kier molecular flexibility index (Phi) is 5.79. The van der Waals surface area contributed by atoms with Crippen molar-refractivity contribution < 1.29 is 9.47 Å². The average molecular weight is 281 g/mol. The Morgan fingerprint density at radius 2 is 2.00 bits per heavy atom. The highest BCUT2D eigenvalue weighted by Gasteiger charge is 2.15. The fourth-order valence-electron chi connectivity index (χ4n) is 2.08. The summed E-state index contributed by atoms with van der Waals surface area (Å²) in [6.45, 7) is 6.85. The van der Waals surface area contributed by atoms with E-state index in [4.69, 9.17) is 9.47 Å². The van der Waals surface area contributed by atoms with Gasteiger partial charge in [-0.1, -0.05) is 0 Å². The van der Waals surface area contributed by atoms with Crippen molar-refractivity contribution in [3.8, 4) is 6.01 Å². The molecule has 2 rings (SSSR count). The van der Waals surface area contributed by atoms with Crippen LogP contribution in [0.2, 0.25) is 0 Å². The zero-order chi connectivity index (χ0) is 14.2. The van der Waals surface area contributed by atoms with Crippen LogP contribution in [0.1, 0.15) is 33.1 Å². The number of nitrogens with one attached hydrogen (secondary N) is 2. The third-order valence-electron chi connectivity index (χ3n) is 3.00. The van der Waals surface area contributed by atoms with Crippen LogP contribution in [0.25, 0.3) is 0 Å². The van der Waals surface area contributed by atoms with E-state index in [0.29, 0.717) is 30.6 Å². The number of rotatable bonds is 8. The maximum absolute atomic E-state index is 5.59. The molecule has 1 fully saturated rings. The van der Waals surface area contributed by atoms with Gasteiger partial charge in [-0.05, 0) is 33.1 Å². The number of hydrogen-bond acceptors (Lipinski definition) is 7. The van der Waals surface area contributed by atoms with Gasteiger partial charge in [0.25, 0.3) is 0 Å². The van der Waals surface area contributed by atoms with Crippen LogP contribution >= 0.6 is 0 Å². The first kappa shape index (κ1) is 14.8. The van der Waals surface area contributed by atoms with Crippen LogP contribution in [0.5, 0.6) is 6.01 Å². The van der Waals surface area contributed by atoms with Gasteiger partial charge in [0, 0.05) is 19.7 Å². The Balaban J connectivity index is 1.90. The van der Waals surface area contributed by atoms with Crippen LogP contribution in [-0.2, 0) is 4.74 Å². The van der Waals surface area contributed by atoms with Gasteiger partial charge in [-0.15, -0.1) is 0 Å². The molecular formula is C13H23N5O2. The highest BCUT2D eigenvalue weighted by molar-refractivity contribution is 5.35. The van der Waals surface area contributed by atoms with E-state index < -0.39 is 0 Å². The van der Waals surface area contributed by atoms with Crippen LogP contribution in [0.3, 0.4) is 0 Å². The predicted molar refractivity (Wildman–Crippen MR) is 77.2 cm³/mol. The summed E-state index contributed by atoms with van der Waals surface area (Å²) in [7, 11) is 0. The molecule has 0 bridgehead atoms. The number of hydrogen-bond donors (Lipinski definition) is 2. The third-order valence-corrected chi connectivity index (χ3v) is 3.00. The van der Waals surface area contributed by atoms with Crippen LogP contribution in [-0.4, -0.2) is 47.4 Å². The van der Waals surface area contributed by atoms with Crippen LogP contribution in [0.15, 0.2) is 0 Å². The molecule has 7 nitrogen and oxygen atoms in total. The number of aromatic nitrogens is 3. The molecule has 2 N–H and O–H groups in total. The summed E-state index contributed by atoms with van der Waals surface area (Å²) in [5, 5.41) is 6.28. The van der Waals surface area contributed by atoms with Gasteiger partial charge in [-0.2, -0.15) is 15.0 Å². The van der Waals surface area contributed by atoms with E-state index >= 15 is 0 Å². The van der Waals surface area contributed by atoms with Crippen molar-refractivity contribution in [3.05, 3.63) is 0 Å². The molecule has 0 saturated carbocycles. The SMILES string of the molecule is CCNc1nc(NCCC2CCCO2)nc(OCC)n1. The van der Waals surface area contributed by atoms with Gasteiger partial charge >= 0.3 is 6.01 Å². The lowest BCUT2D eigenvalue weighted by Gasteiger charge is -2.11. The van der Waals surface area contributed by atoms with Gasteiger partial charge in [-0.25, -0.2) is 0 Å². The smallest absolute Gasteiger partial charge is 0.323 e. The molecule has 0 radical (unpaired) electrons. The summed E-state index contributed by atoms with van der Waals surface area (Å²) in [6.07, 6.45) is 3.64. The summed E-state index contributed by atoms with van der Waals surface area (Å²) < 4.78 is 10.9. The molecule has 1 aliphatic heterocycles. The van der Waals surface area contributed by atoms with E-state index in [2.05, 4.69) is 25.6 Å². The Morgan fingerprint density at radius 3 is 2.65 bits per heavy atom. The van der Waals surface area contributed by atoms with Crippen molar-refractivity contribution in [1.29, 1.82) is 0 Å². The molecule has 1 aromatic heterocycles. The molecule has 7 heteroatoms. The summed E-state index contributed by atoms with van der Waals surface area (Å²) in [5.41, 5.74) is 0. The van der Waals surface area contributed by atoms with E-state index in [0.717, 1.165) is 39.0 Å². The molecule has 0 amide bonds. The van der Waals surface area contributed by atoms with Gasteiger partial charge in [0.1, 0.15) is 0 Å². The second-order valence-corrected chi connectivity index (χ2v) is 4.58. The molecule has 1 atom stereocenters. The molecule has 0 aliphatic carbocycles. The van der Waals surface area contributed by atoms with E-state index in [9.17, 15) is 0 Å². The standard InChI is InChI=1S/C13H23N5O2/c1-3-14-11-16-12(18-13(17-11)19-4-2)15-8-7-10-6-5-9-20-10/h10H,3-9H2,1-2H3,(H2,14,15,16,17,18). The molecule has 0 spiro atoms. The molecule has 1 saturated heterocycles. The lowest BCUT2D eigenvalue weighted by Crippen LogP contribution is -2.15. The number of nitrogens with zero attached hydrogens (tertiary/aromatic N) is 3. The summed E-state index contributed by atoms with van der Waals surface area (Å²) in [6, 6.07) is 0.345. The van der Waals surface area contributed by atoms with Gasteiger partial charge in [-0.3, -0.25) is 0 Å². The van der Waals surface area contributed by atoms with E-state index in [1.807, 2.05) is 13.8 Å². The Labute approximate surface area is 119 Å². The molecule has 112 valence electrons. The van der Waals surface area contributed by atoms with E-state index in [-0.39, 0.29) is 0 Å². The largest absolute Gasteiger partial charge is 0.464 e. The van der Waals surface area contributed by atoms with Crippen molar-refractivity contribution in [1.82, 2.24) is 15.0 Å². The fourth-order valence-corrected chi connectivity index (χ4v) is 2.08. The first-order valence-electron chi connectivity index (χ1n) is 7.30. The van der Waals surface area contributed by atoms with E-state index in [1.54, 1.807) is 0 Å². The van der Waals surface area contributed by atoms with E-state index in [1.165, 1.54) is 0 Å². The van der Waals surface area contributed by atoms with Gasteiger partial charge in [0.15, 0.2) is 0 Å². The number of anilines is 2. The lowest BCUT2D eigenvalue weighted by atomic mass is 10.2. The molecular weight excluding hydrogens is 258 g/mol. The molecule has 1 aliphatic rings. The first-order valence-corrected chi connectivity index (χ1v) is 7.30. The van der Waals surface area contributed by atoms with Gasteiger partial charge < -0.3 is 20.1 Å². The summed E-state index contributed by atoms with van der Waals surface area (Å²) in [4.78, 5) is 12.7. The van der Waals surface area contributed by atoms with Gasteiger partial charge in [0.05, 0.1) is 12.7 Å². The monoisotopic (exact) mass is 281 g/mol. The topological polar surface area (TPSA) is 81.2 Å². The Hall–Kier alpha value is -1.63. The summed E-state index contributed by atoms with van der Waals surface area (Å²) >= 11 is 0. The zero-order valence-electron chi connectivity index (χ0n) is 12.2. The highest BCUT2D eigenvalue weighted by atomic mass is 16.5. The molecule has 20 heavy (non-hydrogen) atoms. The normalized spacial score (nSPS) is 18.0. The first-order chi connectivity index (χ1) is 9.81. The maximum Gasteiger partial charge on any atom is 0.323 e. The second kappa shape index (κ2) is 7.84. The minimum Gasteiger partial charge on any atom is -0.464 e. The molecule has 1 unspecified atom stereocenters. The Bertz CT molecular complexity index is 385. The molecule has 2 heterocycles. The van der Waals surface area contributed by atoms with Crippen molar-refractivity contribution in [2.45, 2.75) is 39.2 Å². The van der Waals surface area contributed by atoms with Crippen LogP contribution in [0, 0.1) is 0 Å². The van der Waals surface area contributed by atoms with Crippen molar-refractivity contribution in [2.75, 3.05) is 36.9 Å². The highest BCUT2D eigenvalue weighted by Crippen LogP contribution is 2.16. The average Bonchev–Trinajstić information content (AvgIpc) is 2.92. The summed E-state index contributed by atoms with van der Waals surface area (Å²) in [5.74, 6) is 1.07.